The van der Waals surface area contributed by atoms with Crippen LogP contribution < -0.4 is 10.2 Å². The van der Waals surface area contributed by atoms with E-state index in [4.69, 9.17) is 9.15 Å². The lowest BCUT2D eigenvalue weighted by Crippen LogP contribution is -2.16. The number of methoxy groups -OCH3 is 1. The van der Waals surface area contributed by atoms with Gasteiger partial charge in [-0.1, -0.05) is 0 Å². The quantitative estimate of drug-likeness (QED) is 0.206. The van der Waals surface area contributed by atoms with Gasteiger partial charge in [0.1, 0.15) is 11.3 Å². The van der Waals surface area contributed by atoms with Crippen LogP contribution in [0, 0.1) is 17.3 Å². The van der Waals surface area contributed by atoms with Crippen LogP contribution in [0.4, 0.5) is 5.69 Å². The van der Waals surface area contributed by atoms with Gasteiger partial charge in [-0.2, -0.15) is 5.10 Å². The molecule has 27 heavy (non-hydrogen) atoms. The standard InChI is InChI=1S/C17H11I2N3O5/c1-26-16-12(18)4-9(5-13(16)19)8-20-21-17(23)15-7-10-6-11(22(24)25)2-3-14(10)27-15/h2-8H,1H3,(H,21,23)/b20-8+. The van der Waals surface area contributed by atoms with E-state index in [2.05, 4.69) is 55.7 Å². The number of hydrazone groups is 1. The molecule has 0 bridgehead atoms. The molecule has 0 aliphatic rings. The Hall–Kier alpha value is -2.22. The molecule has 0 aliphatic heterocycles. The molecule has 10 heteroatoms. The summed E-state index contributed by atoms with van der Waals surface area (Å²) in [6.45, 7) is 0. The molecule has 138 valence electrons. The van der Waals surface area contributed by atoms with Gasteiger partial charge in [-0.05, 0) is 75.0 Å². The van der Waals surface area contributed by atoms with E-state index in [1.807, 2.05) is 12.1 Å². The van der Waals surface area contributed by atoms with Crippen molar-refractivity contribution < 1.29 is 18.9 Å². The Morgan fingerprint density at radius 2 is 1.96 bits per heavy atom. The van der Waals surface area contributed by atoms with Gasteiger partial charge < -0.3 is 9.15 Å². The SMILES string of the molecule is COc1c(I)cc(/C=N/NC(=O)c2cc3cc([N+](=O)[O-])ccc3o2)cc1I. The lowest BCUT2D eigenvalue weighted by atomic mass is 10.2. The number of amides is 1. The predicted octanol–water partition coefficient (Wildman–Crippen LogP) is 4.32. The van der Waals surface area contributed by atoms with Crippen molar-refractivity contribution in [1.82, 2.24) is 5.43 Å². The second-order valence-corrected chi connectivity index (χ2v) is 7.63. The molecule has 1 N–H and O–H groups in total. The van der Waals surface area contributed by atoms with Gasteiger partial charge >= 0.3 is 5.91 Å². The summed E-state index contributed by atoms with van der Waals surface area (Å²) in [5.41, 5.74) is 3.49. The first-order valence-electron chi connectivity index (χ1n) is 7.43. The van der Waals surface area contributed by atoms with Crippen LogP contribution in [0.2, 0.25) is 0 Å². The van der Waals surface area contributed by atoms with Crippen LogP contribution in [0.25, 0.3) is 11.0 Å². The van der Waals surface area contributed by atoms with Gasteiger partial charge in [0.2, 0.25) is 0 Å². The Morgan fingerprint density at radius 1 is 1.26 bits per heavy atom. The number of hydrogen-bond acceptors (Lipinski definition) is 6. The van der Waals surface area contributed by atoms with Crippen LogP contribution in [-0.2, 0) is 0 Å². The second kappa shape index (κ2) is 8.21. The molecule has 2 aromatic carbocycles. The Kier molecular flexibility index (Phi) is 5.94. The molecule has 0 fully saturated rings. The highest BCUT2D eigenvalue weighted by Gasteiger charge is 2.14. The van der Waals surface area contributed by atoms with E-state index >= 15 is 0 Å². The van der Waals surface area contributed by atoms with Gasteiger partial charge in [-0.25, -0.2) is 5.43 Å². The van der Waals surface area contributed by atoms with Crippen LogP contribution in [0.5, 0.6) is 5.75 Å². The lowest BCUT2D eigenvalue weighted by molar-refractivity contribution is -0.384. The molecular weight excluding hydrogens is 580 g/mol. The fourth-order valence-corrected chi connectivity index (χ4v) is 4.58. The highest BCUT2D eigenvalue weighted by atomic mass is 127. The minimum atomic E-state index is -0.553. The molecule has 0 saturated carbocycles. The molecular formula is C17H11I2N3O5. The minimum Gasteiger partial charge on any atom is -0.495 e. The summed E-state index contributed by atoms with van der Waals surface area (Å²) in [6, 6.07) is 9.30. The number of halogens is 2. The highest BCUT2D eigenvalue weighted by Crippen LogP contribution is 2.28. The smallest absolute Gasteiger partial charge is 0.307 e. The maximum atomic E-state index is 12.2. The van der Waals surface area contributed by atoms with E-state index in [0.717, 1.165) is 18.5 Å². The third-order valence-corrected chi connectivity index (χ3v) is 5.14. The number of nitro groups is 1. The van der Waals surface area contributed by atoms with E-state index in [9.17, 15) is 14.9 Å². The molecule has 0 saturated heterocycles. The Balaban J connectivity index is 1.75. The Bertz CT molecular complexity index is 1050. The number of nitro benzene ring substituents is 1. The van der Waals surface area contributed by atoms with Gasteiger partial charge in [0.05, 0.1) is 25.4 Å². The number of rotatable bonds is 5. The van der Waals surface area contributed by atoms with E-state index in [-0.39, 0.29) is 11.4 Å². The summed E-state index contributed by atoms with van der Waals surface area (Å²) in [6.07, 6.45) is 1.51. The largest absolute Gasteiger partial charge is 0.495 e. The topological polar surface area (TPSA) is 107 Å². The zero-order chi connectivity index (χ0) is 19.6. The average Bonchev–Trinajstić information content (AvgIpc) is 3.04. The number of hydrogen-bond donors (Lipinski definition) is 1. The summed E-state index contributed by atoms with van der Waals surface area (Å²) in [4.78, 5) is 22.5. The first-order valence-corrected chi connectivity index (χ1v) is 9.59. The van der Waals surface area contributed by atoms with Crippen LogP contribution >= 0.6 is 45.2 Å². The van der Waals surface area contributed by atoms with Crippen LogP contribution in [0.3, 0.4) is 0 Å². The van der Waals surface area contributed by atoms with E-state index in [0.29, 0.717) is 11.0 Å². The van der Waals surface area contributed by atoms with Gasteiger partial charge in [0.25, 0.3) is 5.69 Å². The fraction of sp³-hybridized carbons (Fsp3) is 0.0588. The Labute approximate surface area is 180 Å². The van der Waals surface area contributed by atoms with Crippen molar-refractivity contribution in [2.24, 2.45) is 5.10 Å². The van der Waals surface area contributed by atoms with Gasteiger partial charge in [-0.3, -0.25) is 14.9 Å². The summed E-state index contributed by atoms with van der Waals surface area (Å²) >= 11 is 4.32. The number of carbonyl (C=O) groups is 1. The molecule has 0 aliphatic carbocycles. The number of non-ortho nitro benzene ring substituents is 1. The zero-order valence-electron chi connectivity index (χ0n) is 13.7. The maximum absolute atomic E-state index is 12.2. The van der Waals surface area contributed by atoms with E-state index in [1.165, 1.54) is 30.5 Å². The molecule has 0 radical (unpaired) electrons. The third-order valence-electron chi connectivity index (χ3n) is 3.54. The van der Waals surface area contributed by atoms with Crippen molar-refractivity contribution in [1.29, 1.82) is 0 Å². The number of ether oxygens (including phenoxy) is 1. The number of fused-ring (bicyclic) bond motifs is 1. The highest BCUT2D eigenvalue weighted by molar-refractivity contribution is 14.1. The first kappa shape index (κ1) is 19.5. The van der Waals surface area contributed by atoms with Gasteiger partial charge in [-0.15, -0.1) is 0 Å². The summed E-state index contributed by atoms with van der Waals surface area (Å²) in [5.74, 6) is 0.248. The molecule has 0 unspecified atom stereocenters. The maximum Gasteiger partial charge on any atom is 0.307 e. The van der Waals surface area contributed by atoms with E-state index in [1.54, 1.807) is 7.11 Å². The number of carbonyl (C=O) groups excluding carboxylic acids is 1. The predicted molar refractivity (Wildman–Crippen MR) is 116 cm³/mol. The van der Waals surface area contributed by atoms with E-state index < -0.39 is 10.8 Å². The minimum absolute atomic E-state index is 0.0153. The molecule has 8 nitrogen and oxygen atoms in total. The van der Waals surface area contributed by atoms with Crippen LogP contribution in [0.1, 0.15) is 16.1 Å². The molecule has 1 aromatic heterocycles. The Morgan fingerprint density at radius 3 is 2.59 bits per heavy atom. The molecule has 3 rings (SSSR count). The first-order chi connectivity index (χ1) is 12.9. The second-order valence-electron chi connectivity index (χ2n) is 5.31. The summed E-state index contributed by atoms with van der Waals surface area (Å²) in [5, 5.41) is 15.2. The van der Waals surface area contributed by atoms with Crippen molar-refractivity contribution in [2.75, 3.05) is 7.11 Å². The van der Waals surface area contributed by atoms with Crippen molar-refractivity contribution in [3.8, 4) is 5.75 Å². The number of nitrogens with one attached hydrogen (secondary N) is 1. The number of benzene rings is 2. The van der Waals surface area contributed by atoms with Crippen molar-refractivity contribution in [3.05, 3.63) is 65.0 Å². The molecule has 1 amide bonds. The monoisotopic (exact) mass is 591 g/mol. The molecule has 1 heterocycles. The molecule has 3 aromatic rings. The summed E-state index contributed by atoms with van der Waals surface area (Å²) in [7, 11) is 1.61. The van der Waals surface area contributed by atoms with Crippen molar-refractivity contribution >= 4 is 74.0 Å². The van der Waals surface area contributed by atoms with Crippen LogP contribution in [-0.4, -0.2) is 24.2 Å². The van der Waals surface area contributed by atoms with Crippen molar-refractivity contribution in [2.45, 2.75) is 0 Å². The number of nitrogens with zero attached hydrogens (tertiary/aromatic N) is 2. The van der Waals surface area contributed by atoms with Crippen LogP contribution in [0.15, 0.2) is 45.9 Å². The third kappa shape index (κ3) is 4.37. The molecule has 0 atom stereocenters. The number of furan rings is 1. The van der Waals surface area contributed by atoms with Crippen molar-refractivity contribution in [3.63, 3.8) is 0 Å². The lowest BCUT2D eigenvalue weighted by Gasteiger charge is -2.06. The van der Waals surface area contributed by atoms with Gasteiger partial charge in [0, 0.05) is 17.5 Å². The summed E-state index contributed by atoms with van der Waals surface area (Å²) < 4.78 is 12.6. The van der Waals surface area contributed by atoms with Gasteiger partial charge in [0.15, 0.2) is 5.76 Å². The average molecular weight is 591 g/mol. The zero-order valence-corrected chi connectivity index (χ0v) is 18.0. The molecule has 0 spiro atoms. The normalized spacial score (nSPS) is 11.1. The fourth-order valence-electron chi connectivity index (χ4n) is 2.33.